The zero-order valence-electron chi connectivity index (χ0n) is 5.72. The van der Waals surface area contributed by atoms with Crippen LogP contribution in [0.2, 0.25) is 0 Å². The van der Waals surface area contributed by atoms with Crippen molar-refractivity contribution >= 4 is 0 Å². The molecule has 0 aromatic rings. The number of rotatable bonds is 0. The van der Waals surface area contributed by atoms with Crippen molar-refractivity contribution in [2.45, 2.75) is 25.7 Å². The summed E-state index contributed by atoms with van der Waals surface area (Å²) in [6, 6.07) is 0. The molecule has 0 heterocycles. The van der Waals surface area contributed by atoms with E-state index in [4.69, 9.17) is 0 Å². The average Bonchev–Trinajstić information content (AvgIpc) is 2.33. The van der Waals surface area contributed by atoms with Crippen molar-refractivity contribution in [1.82, 2.24) is 0 Å². The normalized spacial score (nSPS) is 40.9. The van der Waals surface area contributed by atoms with Crippen LogP contribution < -0.4 is 0 Å². The highest BCUT2D eigenvalue weighted by Gasteiger charge is 2.26. The number of allylic oxidation sites excluding steroid dienone is 2. The fraction of sp³-hybridized carbons (Fsp3) is 0.667. The Morgan fingerprint density at radius 1 is 1.11 bits per heavy atom. The average molecular weight is 121 g/mol. The predicted molar refractivity (Wildman–Crippen MR) is 38.9 cm³/mol. The van der Waals surface area contributed by atoms with Crippen molar-refractivity contribution in [3.8, 4) is 0 Å². The quantitative estimate of drug-likeness (QED) is 0.432. The van der Waals surface area contributed by atoms with Crippen LogP contribution in [0.5, 0.6) is 0 Å². The van der Waals surface area contributed by atoms with E-state index >= 15 is 0 Å². The summed E-state index contributed by atoms with van der Waals surface area (Å²) in [5, 5.41) is 0. The van der Waals surface area contributed by atoms with E-state index in [1.165, 1.54) is 25.7 Å². The van der Waals surface area contributed by atoms with Gasteiger partial charge in [0, 0.05) is 0 Å². The molecule has 0 nitrogen and oxygen atoms in total. The molecule has 9 heavy (non-hydrogen) atoms. The van der Waals surface area contributed by atoms with E-state index in [0.29, 0.717) is 0 Å². The molecule has 0 aromatic carbocycles. The van der Waals surface area contributed by atoms with Crippen LogP contribution in [0.15, 0.2) is 12.2 Å². The van der Waals surface area contributed by atoms with Crippen LogP contribution in [0.3, 0.4) is 0 Å². The Bertz CT molecular complexity index is 124. The third-order valence-electron chi connectivity index (χ3n) is 2.58. The first-order valence-corrected chi connectivity index (χ1v) is 3.97. The molecule has 0 spiro atoms. The Morgan fingerprint density at radius 3 is 2.89 bits per heavy atom. The molecule has 1 saturated carbocycles. The minimum Gasteiger partial charge on any atom is -0.0880 e. The molecule has 1 fully saturated rings. The van der Waals surface area contributed by atoms with Crippen LogP contribution in [-0.4, -0.2) is 0 Å². The van der Waals surface area contributed by atoms with Gasteiger partial charge in [-0.25, -0.2) is 0 Å². The lowest BCUT2D eigenvalue weighted by molar-refractivity contribution is 0.499. The highest BCUT2D eigenvalue weighted by Crippen LogP contribution is 2.37. The molecular formula is C9H13. The van der Waals surface area contributed by atoms with E-state index in [9.17, 15) is 0 Å². The van der Waals surface area contributed by atoms with Crippen LogP contribution in [0.1, 0.15) is 25.7 Å². The van der Waals surface area contributed by atoms with Gasteiger partial charge in [-0.1, -0.05) is 18.6 Å². The SMILES string of the molecule is [CH]1CC=CC2CCCC12. The van der Waals surface area contributed by atoms with Crippen molar-refractivity contribution in [3.05, 3.63) is 18.6 Å². The van der Waals surface area contributed by atoms with Gasteiger partial charge in [0.2, 0.25) is 0 Å². The number of hydrogen-bond donors (Lipinski definition) is 0. The summed E-state index contributed by atoms with van der Waals surface area (Å²) in [5.41, 5.74) is 0. The van der Waals surface area contributed by atoms with Crippen LogP contribution in [0.4, 0.5) is 0 Å². The molecule has 0 saturated heterocycles. The maximum Gasteiger partial charge on any atom is -0.0202 e. The van der Waals surface area contributed by atoms with Gasteiger partial charge in [-0.15, -0.1) is 0 Å². The van der Waals surface area contributed by atoms with Crippen LogP contribution in [-0.2, 0) is 0 Å². The Labute approximate surface area is 57.0 Å². The Balaban J connectivity index is 2.10. The lowest BCUT2D eigenvalue weighted by Gasteiger charge is -2.18. The van der Waals surface area contributed by atoms with Gasteiger partial charge in [0.05, 0.1) is 0 Å². The van der Waals surface area contributed by atoms with E-state index in [1.54, 1.807) is 0 Å². The Kier molecular flexibility index (Phi) is 1.33. The van der Waals surface area contributed by atoms with Crippen molar-refractivity contribution < 1.29 is 0 Å². The second kappa shape index (κ2) is 2.17. The van der Waals surface area contributed by atoms with Gasteiger partial charge in [0.1, 0.15) is 0 Å². The first kappa shape index (κ1) is 5.52. The van der Waals surface area contributed by atoms with Gasteiger partial charge in [0.25, 0.3) is 0 Å². The highest BCUT2D eigenvalue weighted by molar-refractivity contribution is 5.06. The highest BCUT2D eigenvalue weighted by atomic mass is 14.3. The lowest BCUT2D eigenvalue weighted by atomic mass is 9.87. The van der Waals surface area contributed by atoms with Crippen molar-refractivity contribution in [2.24, 2.45) is 11.8 Å². The second-order valence-electron chi connectivity index (χ2n) is 3.16. The molecule has 2 aliphatic rings. The topological polar surface area (TPSA) is 0 Å². The minimum atomic E-state index is 0.929. The van der Waals surface area contributed by atoms with E-state index < -0.39 is 0 Å². The van der Waals surface area contributed by atoms with Crippen molar-refractivity contribution in [1.29, 1.82) is 0 Å². The molecule has 2 unspecified atom stereocenters. The molecule has 0 N–H and O–H groups in total. The van der Waals surface area contributed by atoms with E-state index in [2.05, 4.69) is 18.6 Å². The molecule has 0 aromatic heterocycles. The third kappa shape index (κ3) is 0.910. The Morgan fingerprint density at radius 2 is 2.00 bits per heavy atom. The second-order valence-corrected chi connectivity index (χ2v) is 3.16. The molecule has 49 valence electrons. The zero-order chi connectivity index (χ0) is 6.10. The zero-order valence-corrected chi connectivity index (χ0v) is 5.72. The molecule has 1 radical (unpaired) electrons. The van der Waals surface area contributed by atoms with Gasteiger partial charge < -0.3 is 0 Å². The van der Waals surface area contributed by atoms with Crippen molar-refractivity contribution in [3.63, 3.8) is 0 Å². The van der Waals surface area contributed by atoms with Gasteiger partial charge in [-0.3, -0.25) is 0 Å². The van der Waals surface area contributed by atoms with Crippen LogP contribution >= 0.6 is 0 Å². The molecule has 0 heteroatoms. The molecular weight excluding hydrogens is 108 g/mol. The first-order valence-electron chi connectivity index (χ1n) is 3.97. The lowest BCUT2D eigenvalue weighted by Crippen LogP contribution is -2.08. The summed E-state index contributed by atoms with van der Waals surface area (Å²) in [4.78, 5) is 0. The van der Waals surface area contributed by atoms with E-state index in [1.807, 2.05) is 0 Å². The number of fused-ring (bicyclic) bond motifs is 1. The standard InChI is InChI=1S/C9H13/c1-2-5-9-7-3-6-8(9)4-1/h1,4-5,8-9H,2-3,6-7H2. The summed E-state index contributed by atoms with van der Waals surface area (Å²) >= 11 is 0. The first-order chi connectivity index (χ1) is 4.47. The van der Waals surface area contributed by atoms with Crippen LogP contribution in [0, 0.1) is 18.3 Å². The third-order valence-corrected chi connectivity index (χ3v) is 2.58. The summed E-state index contributed by atoms with van der Waals surface area (Å²) < 4.78 is 0. The maximum absolute atomic E-state index is 2.48. The number of hydrogen-bond acceptors (Lipinski definition) is 0. The largest absolute Gasteiger partial charge is 0.0880 e. The van der Waals surface area contributed by atoms with Gasteiger partial charge in [-0.2, -0.15) is 0 Å². The van der Waals surface area contributed by atoms with Crippen LogP contribution in [0.25, 0.3) is 0 Å². The summed E-state index contributed by atoms with van der Waals surface area (Å²) in [5.74, 6) is 1.88. The summed E-state index contributed by atoms with van der Waals surface area (Å²) in [6.45, 7) is 0. The van der Waals surface area contributed by atoms with E-state index in [-0.39, 0.29) is 0 Å². The molecule has 2 atom stereocenters. The van der Waals surface area contributed by atoms with Crippen molar-refractivity contribution in [2.75, 3.05) is 0 Å². The van der Waals surface area contributed by atoms with Gasteiger partial charge in [-0.05, 0) is 37.5 Å². The molecule has 2 aliphatic carbocycles. The summed E-state index contributed by atoms with van der Waals surface area (Å²) in [6.07, 6.45) is 12.8. The summed E-state index contributed by atoms with van der Waals surface area (Å²) in [7, 11) is 0. The van der Waals surface area contributed by atoms with E-state index in [0.717, 1.165) is 11.8 Å². The fourth-order valence-corrected chi connectivity index (χ4v) is 2.06. The van der Waals surface area contributed by atoms with Gasteiger partial charge >= 0.3 is 0 Å². The molecule has 0 amide bonds. The predicted octanol–water partition coefficient (Wildman–Crippen LogP) is 2.57. The Hall–Kier alpha value is -0.260. The maximum atomic E-state index is 2.48. The minimum absolute atomic E-state index is 0.929. The fourth-order valence-electron chi connectivity index (χ4n) is 2.06. The molecule has 2 rings (SSSR count). The molecule has 0 bridgehead atoms. The van der Waals surface area contributed by atoms with Gasteiger partial charge in [0.15, 0.2) is 0 Å². The monoisotopic (exact) mass is 121 g/mol. The smallest absolute Gasteiger partial charge is 0.0202 e. The molecule has 0 aliphatic heterocycles.